The molecule has 3 aromatic carbocycles. The Morgan fingerprint density at radius 3 is 1.91 bits per heavy atom. The van der Waals surface area contributed by atoms with Crippen LogP contribution in [0.2, 0.25) is 5.02 Å². The second-order valence-electron chi connectivity index (χ2n) is 9.02. The van der Waals surface area contributed by atoms with Crippen LogP contribution in [0.4, 0.5) is 0 Å². The minimum atomic E-state index is -1.08. The van der Waals surface area contributed by atoms with Gasteiger partial charge in [0, 0.05) is 23.0 Å². The van der Waals surface area contributed by atoms with Gasteiger partial charge in [-0.1, -0.05) is 60.1 Å². The van der Waals surface area contributed by atoms with E-state index < -0.39 is 35.5 Å². The smallest absolute Gasteiger partial charge is 0.307 e. The number of aliphatic carboxylic acids is 1. The third-order valence-electron chi connectivity index (χ3n) is 7.05. The Balaban J connectivity index is 1.33. The van der Waals surface area contributed by atoms with E-state index in [1.165, 1.54) is 0 Å². The number of rotatable bonds is 6. The molecule has 1 aliphatic heterocycles. The maximum absolute atomic E-state index is 13.3. The van der Waals surface area contributed by atoms with Crippen molar-refractivity contribution in [3.05, 3.63) is 94.5 Å². The van der Waals surface area contributed by atoms with Gasteiger partial charge in [0.05, 0.1) is 17.0 Å². The molecule has 3 atom stereocenters. The molecule has 2 aliphatic rings. The van der Waals surface area contributed by atoms with Crippen molar-refractivity contribution < 1.29 is 24.3 Å². The zero-order valence-corrected chi connectivity index (χ0v) is 19.4. The highest BCUT2D eigenvalue weighted by Crippen LogP contribution is 2.41. The van der Waals surface area contributed by atoms with E-state index in [2.05, 4.69) is 0 Å². The van der Waals surface area contributed by atoms with Crippen molar-refractivity contribution >= 4 is 35.2 Å². The third-order valence-corrected chi connectivity index (χ3v) is 7.31. The molecule has 176 valence electrons. The van der Waals surface area contributed by atoms with E-state index in [9.17, 15) is 24.3 Å². The molecule has 0 aromatic heterocycles. The summed E-state index contributed by atoms with van der Waals surface area (Å²) in [6.07, 6.45) is 0.839. The molecule has 3 aromatic rings. The van der Waals surface area contributed by atoms with Gasteiger partial charge < -0.3 is 5.11 Å². The Morgan fingerprint density at radius 2 is 1.37 bits per heavy atom. The van der Waals surface area contributed by atoms with Crippen LogP contribution in [0.1, 0.15) is 43.9 Å². The number of hydrogen-bond donors (Lipinski definition) is 1. The summed E-state index contributed by atoms with van der Waals surface area (Å²) in [5, 5.41) is 10.6. The van der Waals surface area contributed by atoms with E-state index in [1.54, 1.807) is 48.5 Å². The lowest BCUT2D eigenvalue weighted by Gasteiger charge is -2.24. The predicted octanol–water partition coefficient (Wildman–Crippen LogP) is 5.21. The minimum absolute atomic E-state index is 0.0113. The van der Waals surface area contributed by atoms with Crippen molar-refractivity contribution in [3.8, 4) is 11.1 Å². The number of ketones is 1. The first-order chi connectivity index (χ1) is 16.8. The number of imide groups is 1. The van der Waals surface area contributed by atoms with Gasteiger partial charge in [-0.25, -0.2) is 0 Å². The summed E-state index contributed by atoms with van der Waals surface area (Å²) >= 11 is 5.95. The fraction of sp³-hybridized carbons (Fsp3) is 0.214. The summed E-state index contributed by atoms with van der Waals surface area (Å²) < 4.78 is 0. The second-order valence-corrected chi connectivity index (χ2v) is 9.46. The Morgan fingerprint density at radius 1 is 0.829 bits per heavy atom. The fourth-order valence-electron chi connectivity index (χ4n) is 5.28. The highest BCUT2D eigenvalue weighted by atomic mass is 35.5. The number of carbonyl (C=O) groups is 4. The summed E-state index contributed by atoms with van der Waals surface area (Å²) in [7, 11) is 0. The Kier molecular flexibility index (Phi) is 5.99. The first-order valence-corrected chi connectivity index (χ1v) is 11.8. The van der Waals surface area contributed by atoms with Gasteiger partial charge in [0.15, 0.2) is 5.78 Å². The number of halogens is 1. The average Bonchev–Trinajstić information content (AvgIpc) is 3.40. The number of fused-ring (bicyclic) bond motifs is 1. The van der Waals surface area contributed by atoms with E-state index in [0.29, 0.717) is 34.6 Å². The van der Waals surface area contributed by atoms with E-state index in [1.807, 2.05) is 24.3 Å². The number of Topliss-reactive ketones (excluding diaryl/α,β-unsaturated/α-hetero) is 1. The fourth-order valence-corrected chi connectivity index (χ4v) is 5.40. The van der Waals surface area contributed by atoms with E-state index in [0.717, 1.165) is 16.0 Å². The molecule has 2 amide bonds. The molecule has 7 heteroatoms. The van der Waals surface area contributed by atoms with Crippen LogP contribution in [0.5, 0.6) is 0 Å². The highest BCUT2D eigenvalue weighted by Gasteiger charge is 2.47. The van der Waals surface area contributed by atoms with Gasteiger partial charge in [-0.15, -0.1) is 0 Å². The molecule has 1 fully saturated rings. The number of carboxylic acids is 1. The molecule has 0 spiro atoms. The van der Waals surface area contributed by atoms with Crippen molar-refractivity contribution in [2.45, 2.75) is 12.8 Å². The molecule has 1 saturated carbocycles. The molecule has 0 saturated heterocycles. The van der Waals surface area contributed by atoms with E-state index in [4.69, 9.17) is 11.6 Å². The van der Waals surface area contributed by atoms with Crippen LogP contribution in [0.15, 0.2) is 72.8 Å². The largest absolute Gasteiger partial charge is 0.481 e. The van der Waals surface area contributed by atoms with Gasteiger partial charge in [-0.3, -0.25) is 24.1 Å². The summed E-state index contributed by atoms with van der Waals surface area (Å²) in [4.78, 5) is 52.2. The van der Waals surface area contributed by atoms with Crippen LogP contribution in [-0.2, 0) is 4.79 Å². The number of carbonyl (C=O) groups excluding carboxylic acids is 3. The topological polar surface area (TPSA) is 91.8 Å². The Hall–Kier alpha value is -3.77. The van der Waals surface area contributed by atoms with Crippen LogP contribution in [-0.4, -0.2) is 40.1 Å². The van der Waals surface area contributed by atoms with Crippen LogP contribution < -0.4 is 0 Å². The maximum atomic E-state index is 13.3. The molecular weight excluding hydrogens is 466 g/mol. The third kappa shape index (κ3) is 4.15. The number of nitrogens with zero attached hydrogens (tertiary/aromatic N) is 1. The molecule has 1 N–H and O–H groups in total. The van der Waals surface area contributed by atoms with Crippen molar-refractivity contribution in [1.29, 1.82) is 0 Å². The average molecular weight is 488 g/mol. The summed E-state index contributed by atoms with van der Waals surface area (Å²) in [5.41, 5.74) is 2.98. The molecule has 1 aliphatic carbocycles. The highest BCUT2D eigenvalue weighted by molar-refractivity contribution is 6.30. The molecule has 6 nitrogen and oxygen atoms in total. The first kappa shape index (κ1) is 23.0. The van der Waals surface area contributed by atoms with Crippen LogP contribution in [0, 0.1) is 17.8 Å². The molecule has 3 unspecified atom stereocenters. The summed E-state index contributed by atoms with van der Waals surface area (Å²) in [6, 6.07) is 21.0. The van der Waals surface area contributed by atoms with Crippen molar-refractivity contribution in [2.24, 2.45) is 17.8 Å². The van der Waals surface area contributed by atoms with Gasteiger partial charge in [0.2, 0.25) is 0 Å². The van der Waals surface area contributed by atoms with E-state index in [-0.39, 0.29) is 12.3 Å². The number of amides is 2. The number of hydrogen-bond acceptors (Lipinski definition) is 4. The lowest BCUT2D eigenvalue weighted by atomic mass is 9.84. The van der Waals surface area contributed by atoms with Crippen LogP contribution >= 0.6 is 11.6 Å². The SMILES string of the molecule is O=C(c1ccc(-c2ccc(Cl)cc2)cc1)C1CCC(CN2C(=O)c3ccccc3C2=O)C1C(=O)O. The van der Waals surface area contributed by atoms with Gasteiger partial charge >= 0.3 is 5.97 Å². The first-order valence-electron chi connectivity index (χ1n) is 11.4. The molecule has 35 heavy (non-hydrogen) atoms. The molecule has 1 heterocycles. The summed E-state index contributed by atoms with van der Waals surface area (Å²) in [5.74, 6) is -4.32. The predicted molar refractivity (Wildman–Crippen MR) is 130 cm³/mol. The number of carboxylic acid groups (broad SMARTS) is 1. The maximum Gasteiger partial charge on any atom is 0.307 e. The Labute approximate surface area is 207 Å². The summed E-state index contributed by atoms with van der Waals surface area (Å²) in [6.45, 7) is -0.0113. The lowest BCUT2D eigenvalue weighted by molar-refractivity contribution is -0.144. The van der Waals surface area contributed by atoms with Crippen molar-refractivity contribution in [2.75, 3.05) is 6.54 Å². The molecule has 0 bridgehead atoms. The van der Waals surface area contributed by atoms with E-state index >= 15 is 0 Å². The van der Waals surface area contributed by atoms with Crippen molar-refractivity contribution in [3.63, 3.8) is 0 Å². The van der Waals surface area contributed by atoms with Gasteiger partial charge in [-0.2, -0.15) is 0 Å². The van der Waals surface area contributed by atoms with Crippen LogP contribution in [0.3, 0.4) is 0 Å². The minimum Gasteiger partial charge on any atom is -0.481 e. The zero-order chi connectivity index (χ0) is 24.7. The van der Waals surface area contributed by atoms with Gasteiger partial charge in [0.1, 0.15) is 0 Å². The molecule has 5 rings (SSSR count). The lowest BCUT2D eigenvalue weighted by Crippen LogP contribution is -2.39. The van der Waals surface area contributed by atoms with Crippen LogP contribution in [0.25, 0.3) is 11.1 Å². The normalized spacial score (nSPS) is 21.3. The Bertz CT molecular complexity index is 1300. The van der Waals surface area contributed by atoms with Gasteiger partial charge in [0.25, 0.3) is 11.8 Å². The monoisotopic (exact) mass is 487 g/mol. The number of benzene rings is 3. The quantitative estimate of drug-likeness (QED) is 0.380. The van der Waals surface area contributed by atoms with Crippen molar-refractivity contribution in [1.82, 2.24) is 4.90 Å². The zero-order valence-electron chi connectivity index (χ0n) is 18.7. The second kappa shape index (κ2) is 9.12. The van der Waals surface area contributed by atoms with Gasteiger partial charge in [-0.05, 0) is 54.2 Å². The molecular formula is C28H22ClNO5. The standard InChI is InChI=1S/C28H22ClNO5/c29-20-12-9-17(10-13-20)16-5-7-18(8-6-16)25(31)23-14-11-19(24(23)28(34)35)15-30-26(32)21-3-1-2-4-22(21)27(30)33/h1-10,12-13,19,23-24H,11,14-15H2,(H,34,35). The molecule has 0 radical (unpaired) electrons.